The van der Waals surface area contributed by atoms with Crippen LogP contribution in [-0.4, -0.2) is 6.54 Å². The van der Waals surface area contributed by atoms with Crippen LogP contribution in [0.15, 0.2) is 24.3 Å². The molecule has 0 spiro atoms. The molecule has 0 fully saturated rings. The van der Waals surface area contributed by atoms with Crippen molar-refractivity contribution in [2.24, 2.45) is 11.5 Å². The van der Waals surface area contributed by atoms with E-state index in [-0.39, 0.29) is 18.4 Å². The van der Waals surface area contributed by atoms with Gasteiger partial charge in [0, 0.05) is 11.1 Å². The minimum absolute atomic E-state index is 0. The lowest BCUT2D eigenvalue weighted by Gasteiger charge is -2.11. The quantitative estimate of drug-likeness (QED) is 0.842. The van der Waals surface area contributed by atoms with Gasteiger partial charge < -0.3 is 11.5 Å². The minimum atomic E-state index is 0. The van der Waals surface area contributed by atoms with Gasteiger partial charge in [0.1, 0.15) is 0 Å². The smallest absolute Gasteiger partial charge is 0.0409 e. The number of halogens is 2. The van der Waals surface area contributed by atoms with Crippen LogP contribution in [0.1, 0.15) is 24.4 Å². The summed E-state index contributed by atoms with van der Waals surface area (Å²) in [5, 5.41) is 0.737. The average molecular weight is 235 g/mol. The Labute approximate surface area is 96.0 Å². The lowest BCUT2D eigenvalue weighted by atomic mass is 10.0. The molecule has 0 aliphatic heterocycles. The first-order chi connectivity index (χ1) is 6.24. The first-order valence-electron chi connectivity index (χ1n) is 4.45. The Morgan fingerprint density at radius 3 is 2.64 bits per heavy atom. The summed E-state index contributed by atoms with van der Waals surface area (Å²) in [6.07, 6.45) is 1.87. The Balaban J connectivity index is 0.00000169. The van der Waals surface area contributed by atoms with Crippen molar-refractivity contribution in [3.8, 4) is 0 Å². The Hall–Kier alpha value is -0.280. The average Bonchev–Trinajstić information content (AvgIpc) is 2.14. The van der Waals surface area contributed by atoms with Gasteiger partial charge in [-0.15, -0.1) is 12.4 Å². The molecule has 0 unspecified atom stereocenters. The summed E-state index contributed by atoms with van der Waals surface area (Å²) in [5.74, 6) is 0. The van der Waals surface area contributed by atoms with Gasteiger partial charge >= 0.3 is 0 Å². The van der Waals surface area contributed by atoms with Gasteiger partial charge in [-0.1, -0.05) is 23.7 Å². The van der Waals surface area contributed by atoms with Crippen LogP contribution in [-0.2, 0) is 0 Å². The maximum atomic E-state index is 5.94. The fraction of sp³-hybridized carbons (Fsp3) is 0.400. The van der Waals surface area contributed by atoms with Crippen molar-refractivity contribution in [2.45, 2.75) is 18.9 Å². The van der Waals surface area contributed by atoms with E-state index in [4.69, 9.17) is 23.1 Å². The van der Waals surface area contributed by atoms with E-state index in [9.17, 15) is 0 Å². The maximum absolute atomic E-state index is 5.94. The maximum Gasteiger partial charge on any atom is 0.0409 e. The number of hydrogen-bond acceptors (Lipinski definition) is 2. The summed E-state index contributed by atoms with van der Waals surface area (Å²) >= 11 is 5.84. The van der Waals surface area contributed by atoms with Crippen LogP contribution in [0.5, 0.6) is 0 Å². The zero-order chi connectivity index (χ0) is 9.68. The topological polar surface area (TPSA) is 52.0 Å². The number of nitrogens with two attached hydrogens (primary N) is 2. The van der Waals surface area contributed by atoms with E-state index >= 15 is 0 Å². The summed E-state index contributed by atoms with van der Waals surface area (Å²) in [6.45, 7) is 0.689. The van der Waals surface area contributed by atoms with Crippen LogP contribution in [0.25, 0.3) is 0 Å². The molecule has 0 aliphatic carbocycles. The molecule has 80 valence electrons. The highest BCUT2D eigenvalue weighted by Gasteiger charge is 2.04. The summed E-state index contributed by atoms with van der Waals surface area (Å²) in [4.78, 5) is 0. The molecule has 0 amide bonds. The summed E-state index contributed by atoms with van der Waals surface area (Å²) in [7, 11) is 0. The van der Waals surface area contributed by atoms with Gasteiger partial charge in [0.15, 0.2) is 0 Å². The Bertz CT molecular complexity index is 266. The van der Waals surface area contributed by atoms with Gasteiger partial charge in [0.2, 0.25) is 0 Å². The number of rotatable bonds is 4. The van der Waals surface area contributed by atoms with Gasteiger partial charge in [-0.05, 0) is 37.1 Å². The predicted molar refractivity (Wildman–Crippen MR) is 63.9 cm³/mol. The highest BCUT2D eigenvalue weighted by Crippen LogP contribution is 2.18. The highest BCUT2D eigenvalue weighted by molar-refractivity contribution is 6.30. The molecule has 0 radical (unpaired) electrons. The van der Waals surface area contributed by atoms with Crippen molar-refractivity contribution in [1.29, 1.82) is 0 Å². The van der Waals surface area contributed by atoms with Gasteiger partial charge in [-0.2, -0.15) is 0 Å². The molecule has 1 atom stereocenters. The van der Waals surface area contributed by atoms with Gasteiger partial charge in [-0.3, -0.25) is 0 Å². The van der Waals surface area contributed by atoms with Gasteiger partial charge in [0.25, 0.3) is 0 Å². The van der Waals surface area contributed by atoms with Crippen LogP contribution in [0.4, 0.5) is 0 Å². The van der Waals surface area contributed by atoms with E-state index in [1.54, 1.807) is 0 Å². The van der Waals surface area contributed by atoms with E-state index in [0.717, 1.165) is 23.4 Å². The molecule has 1 aromatic carbocycles. The molecule has 0 aromatic heterocycles. The van der Waals surface area contributed by atoms with Crippen molar-refractivity contribution >= 4 is 24.0 Å². The normalized spacial score (nSPS) is 11.9. The van der Waals surface area contributed by atoms with Crippen LogP contribution in [0, 0.1) is 0 Å². The van der Waals surface area contributed by atoms with E-state index in [0.29, 0.717) is 6.54 Å². The SMILES string of the molecule is Cl.NCCC[C@H](N)c1cccc(Cl)c1. The molecule has 1 rings (SSSR count). The lowest BCUT2D eigenvalue weighted by molar-refractivity contribution is 0.618. The zero-order valence-corrected chi connectivity index (χ0v) is 9.52. The van der Waals surface area contributed by atoms with Crippen LogP contribution < -0.4 is 11.5 Å². The minimum Gasteiger partial charge on any atom is -0.330 e. The molecule has 0 saturated heterocycles. The largest absolute Gasteiger partial charge is 0.330 e. The summed E-state index contributed by atoms with van der Waals surface area (Å²) in [6, 6.07) is 7.72. The molecule has 2 nitrogen and oxygen atoms in total. The monoisotopic (exact) mass is 234 g/mol. The van der Waals surface area contributed by atoms with Gasteiger partial charge in [-0.25, -0.2) is 0 Å². The standard InChI is InChI=1S/C10H15ClN2.ClH/c11-9-4-1-3-8(7-9)10(13)5-2-6-12;/h1,3-4,7,10H,2,5-6,12-13H2;1H/t10-;/m0./s1. The van der Waals surface area contributed by atoms with E-state index < -0.39 is 0 Å². The van der Waals surface area contributed by atoms with Crippen LogP contribution in [0.2, 0.25) is 5.02 Å². The third-order valence-corrected chi connectivity index (χ3v) is 2.23. The Kier molecular flexibility index (Phi) is 6.93. The predicted octanol–water partition coefficient (Wildman–Crippen LogP) is 2.50. The van der Waals surface area contributed by atoms with Gasteiger partial charge in [0.05, 0.1) is 0 Å². The summed E-state index contributed by atoms with van der Waals surface area (Å²) in [5.41, 5.74) is 12.4. The van der Waals surface area contributed by atoms with E-state index in [2.05, 4.69) is 0 Å². The Morgan fingerprint density at radius 1 is 1.36 bits per heavy atom. The second-order valence-electron chi connectivity index (χ2n) is 3.09. The molecule has 14 heavy (non-hydrogen) atoms. The van der Waals surface area contributed by atoms with E-state index in [1.807, 2.05) is 24.3 Å². The molecule has 0 aliphatic rings. The Morgan fingerprint density at radius 2 is 2.07 bits per heavy atom. The second kappa shape index (κ2) is 7.07. The van der Waals surface area contributed by atoms with Crippen LogP contribution in [0.3, 0.4) is 0 Å². The molecule has 0 saturated carbocycles. The first kappa shape index (κ1) is 13.7. The van der Waals surface area contributed by atoms with Crippen molar-refractivity contribution in [3.63, 3.8) is 0 Å². The van der Waals surface area contributed by atoms with Crippen molar-refractivity contribution in [1.82, 2.24) is 0 Å². The fourth-order valence-corrected chi connectivity index (χ4v) is 1.44. The van der Waals surface area contributed by atoms with Crippen molar-refractivity contribution < 1.29 is 0 Å². The van der Waals surface area contributed by atoms with E-state index in [1.165, 1.54) is 0 Å². The molecule has 0 bridgehead atoms. The zero-order valence-electron chi connectivity index (χ0n) is 7.95. The first-order valence-corrected chi connectivity index (χ1v) is 4.83. The van der Waals surface area contributed by atoms with Crippen LogP contribution >= 0.6 is 24.0 Å². The third kappa shape index (κ3) is 4.29. The second-order valence-corrected chi connectivity index (χ2v) is 3.53. The number of benzene rings is 1. The van der Waals surface area contributed by atoms with Crippen molar-refractivity contribution in [3.05, 3.63) is 34.9 Å². The fourth-order valence-electron chi connectivity index (χ4n) is 1.24. The molecule has 1 aromatic rings. The van der Waals surface area contributed by atoms with Crippen molar-refractivity contribution in [2.75, 3.05) is 6.54 Å². The highest BCUT2D eigenvalue weighted by atomic mass is 35.5. The molecule has 0 heterocycles. The summed E-state index contributed by atoms with van der Waals surface area (Å²) < 4.78 is 0. The molecular weight excluding hydrogens is 219 g/mol. The molecular formula is C10H16Cl2N2. The third-order valence-electron chi connectivity index (χ3n) is 2.00. The molecule has 4 N–H and O–H groups in total. The number of hydrogen-bond donors (Lipinski definition) is 2. The molecule has 4 heteroatoms. The lowest BCUT2D eigenvalue weighted by Crippen LogP contribution is -2.12.